The largest absolute Gasteiger partial charge is 0.417 e. The molecular weight excluding hydrogens is 192 g/mol. The first-order valence-corrected chi connectivity index (χ1v) is 12.2. The lowest BCUT2D eigenvalue weighted by atomic mass is 10.5. The summed E-state index contributed by atoms with van der Waals surface area (Å²) in [4.78, 5) is 0. The summed E-state index contributed by atoms with van der Waals surface area (Å²) in [5.41, 5.74) is 0. The lowest BCUT2D eigenvalue weighted by molar-refractivity contribution is 0.307. The Hall–Kier alpha value is 0.394. The molecule has 0 amide bonds. The van der Waals surface area contributed by atoms with Crippen LogP contribution in [-0.2, 0) is 4.43 Å². The van der Waals surface area contributed by atoms with Crippen molar-refractivity contribution in [3.63, 3.8) is 0 Å². The van der Waals surface area contributed by atoms with Gasteiger partial charge < -0.3 is 4.43 Å². The molecule has 13 heavy (non-hydrogen) atoms. The Balaban J connectivity index is 3.75. The maximum atomic E-state index is 5.94. The van der Waals surface area contributed by atoms with Crippen LogP contribution in [0.3, 0.4) is 0 Å². The molecule has 1 nitrogen and oxygen atoms in total. The van der Waals surface area contributed by atoms with Gasteiger partial charge in [0.05, 0.1) is 0 Å². The Labute approximate surface area is 86.0 Å². The van der Waals surface area contributed by atoms with Gasteiger partial charge in [0, 0.05) is 14.7 Å². The third-order valence-corrected chi connectivity index (χ3v) is 6.86. The standard InChI is InChI=1S/C10H26OSi2/c1-7-8-11-13(5,6)10-9-12(2,3)4/h7-10H2,1-6H3. The fourth-order valence-electron chi connectivity index (χ4n) is 1.13. The molecule has 0 heterocycles. The molecule has 0 saturated carbocycles. The Morgan fingerprint density at radius 2 is 1.46 bits per heavy atom. The summed E-state index contributed by atoms with van der Waals surface area (Å²) >= 11 is 0. The predicted octanol–water partition coefficient (Wildman–Crippen LogP) is 3.96. The Morgan fingerprint density at radius 1 is 0.923 bits per heavy atom. The summed E-state index contributed by atoms with van der Waals surface area (Å²) in [5, 5.41) is 0. The van der Waals surface area contributed by atoms with Gasteiger partial charge >= 0.3 is 0 Å². The molecule has 0 aliphatic carbocycles. The molecule has 0 saturated heterocycles. The zero-order valence-electron chi connectivity index (χ0n) is 10.2. The van der Waals surface area contributed by atoms with Crippen molar-refractivity contribution in [2.24, 2.45) is 0 Å². The van der Waals surface area contributed by atoms with Gasteiger partial charge in [0.25, 0.3) is 0 Å². The highest BCUT2D eigenvalue weighted by atomic mass is 28.4. The second-order valence-corrected chi connectivity index (χ2v) is 15.6. The summed E-state index contributed by atoms with van der Waals surface area (Å²) in [7, 11) is -2.15. The van der Waals surface area contributed by atoms with E-state index in [1.807, 2.05) is 0 Å². The van der Waals surface area contributed by atoms with Crippen LogP contribution >= 0.6 is 0 Å². The van der Waals surface area contributed by atoms with E-state index in [0.29, 0.717) is 0 Å². The van der Waals surface area contributed by atoms with Crippen LogP contribution in [0.25, 0.3) is 0 Å². The first-order chi connectivity index (χ1) is 5.77. The van der Waals surface area contributed by atoms with E-state index in [9.17, 15) is 0 Å². The summed E-state index contributed by atoms with van der Waals surface area (Å²) < 4.78 is 5.94. The molecule has 0 rings (SSSR count). The van der Waals surface area contributed by atoms with Crippen LogP contribution < -0.4 is 0 Å². The first kappa shape index (κ1) is 13.4. The van der Waals surface area contributed by atoms with Crippen LogP contribution in [0.1, 0.15) is 13.3 Å². The van der Waals surface area contributed by atoms with Gasteiger partial charge in [-0.05, 0) is 25.6 Å². The molecule has 0 aliphatic heterocycles. The molecule has 0 atom stereocenters. The minimum atomic E-state index is -1.30. The SMILES string of the molecule is CCCO[Si](C)(C)CC[Si](C)(C)C. The minimum Gasteiger partial charge on any atom is -0.417 e. The lowest BCUT2D eigenvalue weighted by Crippen LogP contribution is -2.33. The van der Waals surface area contributed by atoms with E-state index >= 15 is 0 Å². The van der Waals surface area contributed by atoms with Gasteiger partial charge in [0.15, 0.2) is 8.32 Å². The van der Waals surface area contributed by atoms with Gasteiger partial charge in [0.1, 0.15) is 0 Å². The van der Waals surface area contributed by atoms with Crippen LogP contribution in [0.2, 0.25) is 44.8 Å². The van der Waals surface area contributed by atoms with Gasteiger partial charge in [-0.25, -0.2) is 0 Å². The predicted molar refractivity (Wildman–Crippen MR) is 66.7 cm³/mol. The van der Waals surface area contributed by atoms with Crippen molar-refractivity contribution in [1.82, 2.24) is 0 Å². The zero-order chi connectivity index (χ0) is 10.5. The van der Waals surface area contributed by atoms with Crippen LogP contribution in [-0.4, -0.2) is 23.0 Å². The highest BCUT2D eigenvalue weighted by molar-refractivity contribution is 6.79. The van der Waals surface area contributed by atoms with Gasteiger partial charge in [-0.1, -0.05) is 32.6 Å². The molecule has 0 radical (unpaired) electrons. The molecule has 3 heteroatoms. The number of hydrogen-bond donors (Lipinski definition) is 0. The van der Waals surface area contributed by atoms with E-state index in [1.165, 1.54) is 12.1 Å². The molecule has 0 spiro atoms. The highest BCUT2D eigenvalue weighted by Gasteiger charge is 2.25. The Bertz CT molecular complexity index is 138. The molecule has 80 valence electrons. The van der Waals surface area contributed by atoms with Crippen molar-refractivity contribution < 1.29 is 4.43 Å². The summed E-state index contributed by atoms with van der Waals surface area (Å²) in [6.07, 6.45) is 1.16. The fraction of sp³-hybridized carbons (Fsp3) is 1.00. The zero-order valence-corrected chi connectivity index (χ0v) is 12.2. The van der Waals surface area contributed by atoms with E-state index in [-0.39, 0.29) is 0 Å². The third kappa shape index (κ3) is 8.72. The highest BCUT2D eigenvalue weighted by Crippen LogP contribution is 2.20. The number of hydrogen-bond acceptors (Lipinski definition) is 1. The maximum absolute atomic E-state index is 5.94. The molecular formula is C10H26OSi2. The van der Waals surface area contributed by atoms with Crippen molar-refractivity contribution in [3.05, 3.63) is 0 Å². The maximum Gasteiger partial charge on any atom is 0.186 e. The molecule has 0 aromatic heterocycles. The monoisotopic (exact) mass is 218 g/mol. The van der Waals surface area contributed by atoms with Gasteiger partial charge in [-0.15, -0.1) is 0 Å². The topological polar surface area (TPSA) is 9.23 Å². The van der Waals surface area contributed by atoms with Crippen LogP contribution in [0.4, 0.5) is 0 Å². The smallest absolute Gasteiger partial charge is 0.186 e. The van der Waals surface area contributed by atoms with E-state index in [4.69, 9.17) is 4.43 Å². The minimum absolute atomic E-state index is 0.851. The van der Waals surface area contributed by atoms with Crippen molar-refractivity contribution in [1.29, 1.82) is 0 Å². The van der Waals surface area contributed by atoms with Gasteiger partial charge in [-0.2, -0.15) is 0 Å². The van der Waals surface area contributed by atoms with Crippen molar-refractivity contribution in [2.45, 2.75) is 58.2 Å². The Kier molecular flexibility index (Phi) is 5.48. The third-order valence-electron chi connectivity index (χ3n) is 2.17. The van der Waals surface area contributed by atoms with Crippen LogP contribution in [0.5, 0.6) is 0 Å². The molecule has 0 aliphatic rings. The van der Waals surface area contributed by atoms with E-state index in [0.717, 1.165) is 13.0 Å². The van der Waals surface area contributed by atoms with Crippen molar-refractivity contribution >= 4 is 16.4 Å². The summed E-state index contributed by atoms with van der Waals surface area (Å²) in [6.45, 7) is 15.2. The average Bonchev–Trinajstić information content (AvgIpc) is 1.97. The van der Waals surface area contributed by atoms with Crippen LogP contribution in [0, 0.1) is 0 Å². The first-order valence-electron chi connectivity index (χ1n) is 5.41. The van der Waals surface area contributed by atoms with Gasteiger partial charge in [-0.3, -0.25) is 0 Å². The van der Waals surface area contributed by atoms with Gasteiger partial charge in [0.2, 0.25) is 0 Å². The molecule has 0 N–H and O–H groups in total. The normalized spacial score (nSPS) is 13.4. The number of rotatable bonds is 6. The lowest BCUT2D eigenvalue weighted by Gasteiger charge is -2.26. The van der Waals surface area contributed by atoms with Crippen LogP contribution in [0.15, 0.2) is 0 Å². The molecule has 0 bridgehead atoms. The molecule has 0 unspecified atom stereocenters. The second-order valence-electron chi connectivity index (χ2n) is 5.67. The fourth-order valence-corrected chi connectivity index (χ4v) is 7.44. The average molecular weight is 218 g/mol. The van der Waals surface area contributed by atoms with Crippen molar-refractivity contribution in [3.8, 4) is 0 Å². The van der Waals surface area contributed by atoms with E-state index < -0.39 is 16.4 Å². The molecule has 0 fully saturated rings. The summed E-state index contributed by atoms with van der Waals surface area (Å²) in [6, 6.07) is 2.78. The van der Waals surface area contributed by atoms with Crippen molar-refractivity contribution in [2.75, 3.05) is 6.61 Å². The quantitative estimate of drug-likeness (QED) is 0.613. The van der Waals surface area contributed by atoms with E-state index in [2.05, 4.69) is 39.7 Å². The molecule has 0 aromatic carbocycles. The van der Waals surface area contributed by atoms with E-state index in [1.54, 1.807) is 0 Å². The second kappa shape index (κ2) is 5.32. The Morgan fingerprint density at radius 3 is 1.85 bits per heavy atom. The molecule has 0 aromatic rings. The summed E-state index contributed by atoms with van der Waals surface area (Å²) in [5.74, 6) is 0.